The van der Waals surface area contributed by atoms with Crippen LogP contribution < -0.4 is 5.32 Å². The van der Waals surface area contributed by atoms with Crippen LogP contribution in [-0.2, 0) is 19.8 Å². The molecule has 280 valence electrons. The molecule has 2 amide bonds. The fourth-order valence-corrected chi connectivity index (χ4v) is 7.59. The minimum atomic E-state index is -0.893. The molecule has 1 aliphatic heterocycles. The van der Waals surface area contributed by atoms with Crippen molar-refractivity contribution in [1.29, 1.82) is 0 Å². The summed E-state index contributed by atoms with van der Waals surface area (Å²) in [6.45, 7) is 7.34. The van der Waals surface area contributed by atoms with Crippen LogP contribution in [0.1, 0.15) is 66.4 Å². The highest BCUT2D eigenvalue weighted by Gasteiger charge is 2.42. The lowest BCUT2D eigenvalue weighted by atomic mass is 9.77. The molecule has 0 bridgehead atoms. The van der Waals surface area contributed by atoms with Gasteiger partial charge in [0.2, 0.25) is 0 Å². The van der Waals surface area contributed by atoms with E-state index in [-0.39, 0.29) is 12.5 Å². The van der Waals surface area contributed by atoms with Crippen molar-refractivity contribution in [3.05, 3.63) is 155 Å². The van der Waals surface area contributed by atoms with Crippen molar-refractivity contribution in [2.24, 2.45) is 0 Å². The molecule has 10 nitrogen and oxygen atoms in total. The number of methoxy groups -OCH3 is 1. The van der Waals surface area contributed by atoms with Crippen LogP contribution in [0.5, 0.6) is 0 Å². The number of hydrogen-bond donors (Lipinski definition) is 1. The summed E-state index contributed by atoms with van der Waals surface area (Å²) in [7, 11) is 1.30. The minimum Gasteiger partial charge on any atom is -0.467 e. The molecule has 1 aliphatic rings. The number of esters is 1. The van der Waals surface area contributed by atoms with Gasteiger partial charge >= 0.3 is 12.1 Å². The molecule has 2 atom stereocenters. The number of benzene rings is 4. The molecule has 3 heterocycles. The lowest BCUT2D eigenvalue weighted by Gasteiger charge is -2.38. The number of pyridine rings is 1. The highest BCUT2D eigenvalue weighted by atomic mass is 16.6. The summed E-state index contributed by atoms with van der Waals surface area (Å²) >= 11 is 0. The van der Waals surface area contributed by atoms with Crippen LogP contribution in [0.25, 0.3) is 22.2 Å². The number of carbonyl (C=O) groups is 3. The maximum atomic E-state index is 14.1. The number of aryl methyl sites for hydroxylation is 1. The van der Waals surface area contributed by atoms with Gasteiger partial charge in [0.15, 0.2) is 0 Å². The molecule has 1 N–H and O–H groups in total. The first-order chi connectivity index (χ1) is 26.5. The Balaban J connectivity index is 1.35. The predicted molar refractivity (Wildman–Crippen MR) is 212 cm³/mol. The van der Waals surface area contributed by atoms with Crippen molar-refractivity contribution >= 4 is 28.9 Å². The van der Waals surface area contributed by atoms with Gasteiger partial charge in [0, 0.05) is 41.0 Å². The third-order valence-corrected chi connectivity index (χ3v) is 10.0. The number of likely N-dealkylation sites (tertiary alicyclic amines) is 1. The quantitative estimate of drug-likeness (QED) is 0.125. The van der Waals surface area contributed by atoms with E-state index in [2.05, 4.69) is 51.4 Å². The maximum Gasteiger partial charge on any atom is 0.411 e. The lowest BCUT2D eigenvalue weighted by Crippen LogP contribution is -2.57. The lowest BCUT2D eigenvalue weighted by molar-refractivity contribution is -0.148. The van der Waals surface area contributed by atoms with Gasteiger partial charge in [0.1, 0.15) is 22.9 Å². The zero-order chi connectivity index (χ0) is 38.7. The molecule has 0 spiro atoms. The Kier molecular flexibility index (Phi) is 10.2. The van der Waals surface area contributed by atoms with Crippen molar-refractivity contribution in [1.82, 2.24) is 25.0 Å². The van der Waals surface area contributed by atoms with Crippen LogP contribution in [0, 0.1) is 6.92 Å². The van der Waals surface area contributed by atoms with E-state index < -0.39 is 35.3 Å². The Labute approximate surface area is 321 Å². The normalized spacial score (nSPS) is 16.1. The van der Waals surface area contributed by atoms with E-state index in [1.807, 2.05) is 91.9 Å². The standard InChI is InChI=1S/C45H45N5O5/c1-30-27-31(25-26-46-30)40-37-28-32(41(51)47-36-22-24-39(42(52)54-5)49(29-36)43(53)55-44(2,3)4)21-23-38(37)50(48-40)45(33-15-9-6-10-16-33,34-17-11-7-12-18-34)35-19-13-8-14-20-35/h6-21,23,25-28,36,39H,22,24,29H2,1-5H3,(H,47,51). The molecule has 0 aliphatic carbocycles. The van der Waals surface area contributed by atoms with Crippen molar-refractivity contribution in [3.63, 3.8) is 0 Å². The molecule has 1 saturated heterocycles. The number of fused-ring (bicyclic) bond motifs is 1. The molecule has 2 aromatic heterocycles. The second-order valence-electron chi connectivity index (χ2n) is 14.9. The first-order valence-electron chi connectivity index (χ1n) is 18.5. The highest BCUT2D eigenvalue weighted by molar-refractivity contribution is 6.02. The summed E-state index contributed by atoms with van der Waals surface area (Å²) in [4.78, 5) is 45.9. The van der Waals surface area contributed by atoms with E-state index in [0.717, 1.165) is 38.9 Å². The summed E-state index contributed by atoms with van der Waals surface area (Å²) in [6.07, 6.45) is 1.92. The van der Waals surface area contributed by atoms with Crippen molar-refractivity contribution in [2.75, 3.05) is 13.7 Å². The fraction of sp³-hybridized carbons (Fsp3) is 0.267. The average molecular weight is 736 g/mol. The van der Waals surface area contributed by atoms with Gasteiger partial charge in [-0.25, -0.2) is 14.3 Å². The van der Waals surface area contributed by atoms with Gasteiger partial charge < -0.3 is 14.8 Å². The van der Waals surface area contributed by atoms with Gasteiger partial charge in [0.25, 0.3) is 5.91 Å². The van der Waals surface area contributed by atoms with Gasteiger partial charge in [-0.05, 0) is 87.6 Å². The molecule has 4 aromatic carbocycles. The number of piperidine rings is 1. The van der Waals surface area contributed by atoms with Gasteiger partial charge in [-0.3, -0.25) is 14.7 Å². The predicted octanol–water partition coefficient (Wildman–Crippen LogP) is 7.92. The number of aromatic nitrogens is 3. The Hall–Kier alpha value is -6.29. The highest BCUT2D eigenvalue weighted by Crippen LogP contribution is 2.44. The second kappa shape index (κ2) is 15.2. The first-order valence-corrected chi connectivity index (χ1v) is 18.5. The SMILES string of the molecule is COC(=O)C1CCC(NC(=O)c2ccc3c(c2)c(-c2ccnc(C)c2)nn3C(c2ccccc2)(c2ccccc2)c2ccccc2)CN1C(=O)OC(C)(C)C. The topological polar surface area (TPSA) is 116 Å². The van der Waals surface area contributed by atoms with Crippen LogP contribution in [-0.4, -0.2) is 69.0 Å². The summed E-state index contributed by atoms with van der Waals surface area (Å²) in [5.74, 6) is -0.827. The van der Waals surface area contributed by atoms with E-state index in [1.165, 1.54) is 12.0 Å². The van der Waals surface area contributed by atoms with Gasteiger partial charge in [-0.1, -0.05) is 91.0 Å². The van der Waals surface area contributed by atoms with Crippen LogP contribution in [0.3, 0.4) is 0 Å². The molecule has 1 fully saturated rings. The van der Waals surface area contributed by atoms with E-state index in [0.29, 0.717) is 24.1 Å². The molecular formula is C45H45N5O5. The number of hydrogen-bond acceptors (Lipinski definition) is 7. The zero-order valence-electron chi connectivity index (χ0n) is 31.7. The molecule has 10 heteroatoms. The molecule has 2 unspecified atom stereocenters. The Bertz CT molecular complexity index is 2220. The molecule has 0 saturated carbocycles. The molecule has 6 aromatic rings. The molecule has 0 radical (unpaired) electrons. The summed E-state index contributed by atoms with van der Waals surface area (Å²) in [5, 5.41) is 9.38. The van der Waals surface area contributed by atoms with E-state index in [1.54, 1.807) is 27.0 Å². The Morgan fingerprint density at radius 1 is 0.782 bits per heavy atom. The van der Waals surface area contributed by atoms with Crippen LogP contribution >= 0.6 is 0 Å². The number of amides is 2. The maximum absolute atomic E-state index is 14.1. The summed E-state index contributed by atoms with van der Waals surface area (Å²) in [6, 6.07) is 39.4. The zero-order valence-corrected chi connectivity index (χ0v) is 31.7. The van der Waals surface area contributed by atoms with E-state index >= 15 is 0 Å². The largest absolute Gasteiger partial charge is 0.467 e. The van der Waals surface area contributed by atoms with Crippen LogP contribution in [0.4, 0.5) is 4.79 Å². The number of nitrogens with one attached hydrogen (secondary N) is 1. The third kappa shape index (κ3) is 7.32. The second-order valence-corrected chi connectivity index (χ2v) is 14.9. The van der Waals surface area contributed by atoms with Crippen LogP contribution in [0.15, 0.2) is 128 Å². The first kappa shape index (κ1) is 37.0. The smallest absolute Gasteiger partial charge is 0.411 e. The molecular weight excluding hydrogens is 691 g/mol. The van der Waals surface area contributed by atoms with Gasteiger partial charge in [-0.2, -0.15) is 5.10 Å². The minimum absolute atomic E-state index is 0.0931. The van der Waals surface area contributed by atoms with Crippen molar-refractivity contribution in [3.8, 4) is 11.3 Å². The van der Waals surface area contributed by atoms with Gasteiger partial charge in [-0.15, -0.1) is 0 Å². The van der Waals surface area contributed by atoms with Crippen molar-refractivity contribution < 1.29 is 23.9 Å². The van der Waals surface area contributed by atoms with E-state index in [4.69, 9.17) is 14.6 Å². The number of ether oxygens (including phenoxy) is 2. The molecule has 55 heavy (non-hydrogen) atoms. The van der Waals surface area contributed by atoms with Gasteiger partial charge in [0.05, 0.1) is 12.6 Å². The Morgan fingerprint density at radius 2 is 1.38 bits per heavy atom. The summed E-state index contributed by atoms with van der Waals surface area (Å²) in [5.41, 5.74) is 5.08. The number of carbonyl (C=O) groups excluding carboxylic acids is 3. The number of rotatable bonds is 8. The fourth-order valence-electron chi connectivity index (χ4n) is 7.59. The van der Waals surface area contributed by atoms with Crippen LogP contribution in [0.2, 0.25) is 0 Å². The number of nitrogens with zero attached hydrogens (tertiary/aromatic N) is 4. The average Bonchev–Trinajstić information content (AvgIpc) is 3.57. The monoisotopic (exact) mass is 735 g/mol. The third-order valence-electron chi connectivity index (χ3n) is 10.0. The van der Waals surface area contributed by atoms with Crippen molar-refractivity contribution in [2.45, 2.75) is 63.8 Å². The van der Waals surface area contributed by atoms with E-state index in [9.17, 15) is 14.4 Å². The Morgan fingerprint density at radius 3 is 1.93 bits per heavy atom. The summed E-state index contributed by atoms with van der Waals surface area (Å²) < 4.78 is 12.7. The molecule has 7 rings (SSSR count).